The van der Waals surface area contributed by atoms with Crippen molar-refractivity contribution < 1.29 is 19.0 Å². The predicted octanol–water partition coefficient (Wildman–Crippen LogP) is 4.80. The molecular weight excluding hydrogens is 347 g/mol. The summed E-state index contributed by atoms with van der Waals surface area (Å²) in [6.07, 6.45) is 1.77. The van der Waals surface area contributed by atoms with Crippen LogP contribution in [-0.2, 0) is 0 Å². The molecule has 0 unspecified atom stereocenters. The van der Waals surface area contributed by atoms with E-state index in [2.05, 4.69) is 15.9 Å². The Hall–Kier alpha value is -1.53. The summed E-state index contributed by atoms with van der Waals surface area (Å²) in [7, 11) is 0. The van der Waals surface area contributed by atoms with E-state index < -0.39 is 11.8 Å². The number of carboxylic acid groups (broad SMARTS) is 1. The van der Waals surface area contributed by atoms with Crippen molar-refractivity contribution in [2.24, 2.45) is 0 Å². The van der Waals surface area contributed by atoms with Crippen molar-refractivity contribution in [3.8, 4) is 11.5 Å². The summed E-state index contributed by atoms with van der Waals surface area (Å²) in [6, 6.07) is 9.18. The number of rotatable bonds is 4. The Kier molecular flexibility index (Phi) is 4.67. The summed E-state index contributed by atoms with van der Waals surface area (Å²) in [5.74, 6) is -1.58. The topological polar surface area (TPSA) is 46.5 Å². The van der Waals surface area contributed by atoms with Crippen molar-refractivity contribution in [3.05, 3.63) is 52.3 Å². The van der Waals surface area contributed by atoms with Gasteiger partial charge in [-0.3, -0.25) is 0 Å². The van der Waals surface area contributed by atoms with Crippen molar-refractivity contribution in [1.82, 2.24) is 0 Å². The standard InChI is InChI=1S/C14H10BrFO3S/c1-20-12-4-2-3-11(13(12)14(17)18)19-10-6-5-8(15)7-9(10)16/h2-7H,1H3,(H,17,18). The molecule has 0 heterocycles. The van der Waals surface area contributed by atoms with Crippen LogP contribution in [0.3, 0.4) is 0 Å². The molecule has 1 N–H and O–H groups in total. The third kappa shape index (κ3) is 3.13. The SMILES string of the molecule is CSc1cccc(Oc2ccc(Br)cc2F)c1C(=O)O. The maximum atomic E-state index is 13.7. The van der Waals surface area contributed by atoms with Crippen LogP contribution in [-0.4, -0.2) is 17.3 Å². The van der Waals surface area contributed by atoms with Crippen LogP contribution in [0.2, 0.25) is 0 Å². The molecule has 20 heavy (non-hydrogen) atoms. The molecule has 0 fully saturated rings. The number of ether oxygens (including phenoxy) is 1. The second-order valence-electron chi connectivity index (χ2n) is 3.82. The lowest BCUT2D eigenvalue weighted by Gasteiger charge is -2.12. The van der Waals surface area contributed by atoms with Gasteiger partial charge in [0, 0.05) is 9.37 Å². The number of carbonyl (C=O) groups is 1. The summed E-state index contributed by atoms with van der Waals surface area (Å²) in [5, 5.41) is 9.27. The number of aromatic carboxylic acids is 1. The second kappa shape index (κ2) is 6.28. The lowest BCUT2D eigenvalue weighted by Crippen LogP contribution is -2.02. The molecule has 0 atom stereocenters. The van der Waals surface area contributed by atoms with Gasteiger partial charge in [0.05, 0.1) is 0 Å². The fourth-order valence-corrected chi connectivity index (χ4v) is 2.59. The summed E-state index contributed by atoms with van der Waals surface area (Å²) in [5.41, 5.74) is 0.0299. The Bertz CT molecular complexity index is 661. The van der Waals surface area contributed by atoms with Crippen LogP contribution in [0, 0.1) is 5.82 Å². The summed E-state index contributed by atoms with van der Waals surface area (Å²) in [4.78, 5) is 11.9. The van der Waals surface area contributed by atoms with Gasteiger partial charge in [-0.05, 0) is 36.6 Å². The second-order valence-corrected chi connectivity index (χ2v) is 5.58. The fraction of sp³-hybridized carbons (Fsp3) is 0.0714. The first-order valence-electron chi connectivity index (χ1n) is 5.56. The van der Waals surface area contributed by atoms with Crippen molar-refractivity contribution in [2.75, 3.05) is 6.26 Å². The Labute approximate surface area is 127 Å². The zero-order valence-electron chi connectivity index (χ0n) is 10.4. The minimum absolute atomic E-state index is 0.0195. The van der Waals surface area contributed by atoms with E-state index in [9.17, 15) is 14.3 Å². The zero-order chi connectivity index (χ0) is 14.7. The molecule has 0 bridgehead atoms. The molecule has 3 nitrogen and oxygen atoms in total. The third-order valence-electron chi connectivity index (χ3n) is 2.54. The minimum atomic E-state index is -1.11. The Balaban J connectivity index is 2.45. The highest BCUT2D eigenvalue weighted by Gasteiger charge is 2.18. The smallest absolute Gasteiger partial charge is 0.340 e. The van der Waals surface area contributed by atoms with E-state index in [0.717, 1.165) is 0 Å². The molecule has 0 spiro atoms. The van der Waals surface area contributed by atoms with Gasteiger partial charge in [0.15, 0.2) is 11.6 Å². The Morgan fingerprint density at radius 2 is 2.05 bits per heavy atom. The summed E-state index contributed by atoms with van der Waals surface area (Å²) < 4.78 is 19.7. The van der Waals surface area contributed by atoms with E-state index in [1.165, 1.54) is 30.0 Å². The maximum Gasteiger partial charge on any atom is 0.340 e. The Morgan fingerprint density at radius 3 is 2.65 bits per heavy atom. The normalized spacial score (nSPS) is 10.3. The van der Waals surface area contributed by atoms with Crippen LogP contribution in [0.15, 0.2) is 45.8 Å². The first kappa shape index (κ1) is 14.9. The number of thioether (sulfide) groups is 1. The van der Waals surface area contributed by atoms with Crippen LogP contribution >= 0.6 is 27.7 Å². The van der Waals surface area contributed by atoms with E-state index in [1.807, 2.05) is 0 Å². The van der Waals surface area contributed by atoms with E-state index in [0.29, 0.717) is 9.37 Å². The van der Waals surface area contributed by atoms with Gasteiger partial charge in [-0.1, -0.05) is 22.0 Å². The van der Waals surface area contributed by atoms with Gasteiger partial charge >= 0.3 is 5.97 Å². The molecule has 0 aromatic heterocycles. The van der Waals surface area contributed by atoms with Crippen molar-refractivity contribution in [1.29, 1.82) is 0 Å². The van der Waals surface area contributed by atoms with Gasteiger partial charge < -0.3 is 9.84 Å². The quantitative estimate of drug-likeness (QED) is 0.799. The largest absolute Gasteiger partial charge is 0.478 e. The molecule has 0 saturated heterocycles. The highest BCUT2D eigenvalue weighted by Crippen LogP contribution is 2.33. The molecule has 104 valence electrons. The first-order valence-corrected chi connectivity index (χ1v) is 7.58. The lowest BCUT2D eigenvalue weighted by atomic mass is 10.2. The highest BCUT2D eigenvalue weighted by molar-refractivity contribution is 9.10. The van der Waals surface area contributed by atoms with Crippen LogP contribution in [0.1, 0.15) is 10.4 Å². The molecule has 2 aromatic carbocycles. The zero-order valence-corrected chi connectivity index (χ0v) is 12.8. The summed E-state index contributed by atoms with van der Waals surface area (Å²) in [6.45, 7) is 0. The third-order valence-corrected chi connectivity index (χ3v) is 3.81. The number of hydrogen-bond donors (Lipinski definition) is 1. The maximum absolute atomic E-state index is 13.7. The number of carboxylic acids is 1. The molecule has 2 aromatic rings. The van der Waals surface area contributed by atoms with E-state index in [-0.39, 0.29) is 17.1 Å². The van der Waals surface area contributed by atoms with Crippen LogP contribution in [0.25, 0.3) is 0 Å². The lowest BCUT2D eigenvalue weighted by molar-refractivity contribution is 0.0690. The van der Waals surface area contributed by atoms with Crippen LogP contribution in [0.5, 0.6) is 11.5 Å². The van der Waals surface area contributed by atoms with Crippen molar-refractivity contribution in [3.63, 3.8) is 0 Å². The highest BCUT2D eigenvalue weighted by atomic mass is 79.9. The fourth-order valence-electron chi connectivity index (χ4n) is 1.65. The minimum Gasteiger partial charge on any atom is -0.478 e. The van der Waals surface area contributed by atoms with E-state index in [1.54, 1.807) is 24.5 Å². The Morgan fingerprint density at radius 1 is 1.30 bits per heavy atom. The van der Waals surface area contributed by atoms with Gasteiger partial charge in [0.2, 0.25) is 0 Å². The molecule has 2 rings (SSSR count). The summed E-state index contributed by atoms with van der Waals surface area (Å²) >= 11 is 4.44. The molecule has 0 aliphatic rings. The monoisotopic (exact) mass is 356 g/mol. The molecule has 0 aliphatic carbocycles. The van der Waals surface area contributed by atoms with Gasteiger partial charge in [0.25, 0.3) is 0 Å². The number of hydrogen-bond acceptors (Lipinski definition) is 3. The molecule has 0 aliphatic heterocycles. The first-order chi connectivity index (χ1) is 9.52. The van der Waals surface area contributed by atoms with Crippen LogP contribution < -0.4 is 4.74 Å². The van der Waals surface area contributed by atoms with E-state index >= 15 is 0 Å². The molecule has 0 amide bonds. The van der Waals surface area contributed by atoms with Crippen molar-refractivity contribution in [2.45, 2.75) is 4.90 Å². The van der Waals surface area contributed by atoms with Gasteiger partial charge in [0.1, 0.15) is 11.3 Å². The average molecular weight is 357 g/mol. The molecular formula is C14H10BrFO3S. The predicted molar refractivity (Wildman–Crippen MR) is 79.4 cm³/mol. The number of halogens is 2. The average Bonchev–Trinajstić information content (AvgIpc) is 2.41. The number of benzene rings is 2. The van der Waals surface area contributed by atoms with Crippen LogP contribution in [0.4, 0.5) is 4.39 Å². The van der Waals surface area contributed by atoms with Gasteiger partial charge in [-0.25, -0.2) is 9.18 Å². The van der Waals surface area contributed by atoms with Crippen molar-refractivity contribution >= 4 is 33.7 Å². The molecule has 6 heteroatoms. The van der Waals surface area contributed by atoms with Gasteiger partial charge in [-0.15, -0.1) is 11.8 Å². The van der Waals surface area contributed by atoms with Gasteiger partial charge in [-0.2, -0.15) is 0 Å². The van der Waals surface area contributed by atoms with E-state index in [4.69, 9.17) is 4.74 Å². The molecule has 0 radical (unpaired) electrons. The molecule has 0 saturated carbocycles.